The summed E-state index contributed by atoms with van der Waals surface area (Å²) in [5.74, 6) is -1.28. The van der Waals surface area contributed by atoms with Crippen molar-refractivity contribution in [3.05, 3.63) is 88.0 Å². The number of benzene rings is 3. The monoisotopic (exact) mass is 543 g/mol. The molecule has 0 aromatic heterocycles. The zero-order valence-electron chi connectivity index (χ0n) is 22.8. The van der Waals surface area contributed by atoms with Crippen molar-refractivity contribution in [3.8, 4) is 11.5 Å². The molecule has 0 atom stereocenters. The molecule has 0 bridgehead atoms. The Hall–Kier alpha value is -3.84. The summed E-state index contributed by atoms with van der Waals surface area (Å²) in [4.78, 5) is 41.1. The SMILES string of the molecule is C=C(C)C(=O)Nc1cccc(Sc2cc(CC(C)C)c(O)c3c2C(=O)c2ccc(CC(C)C)c(O)c2C3=O)c1. The summed E-state index contributed by atoms with van der Waals surface area (Å²) in [6, 6.07) is 12.2. The summed E-state index contributed by atoms with van der Waals surface area (Å²) < 4.78 is 0. The van der Waals surface area contributed by atoms with E-state index in [2.05, 4.69) is 11.9 Å². The largest absolute Gasteiger partial charge is 0.507 e. The first-order chi connectivity index (χ1) is 18.4. The van der Waals surface area contributed by atoms with Gasteiger partial charge in [-0.1, -0.05) is 58.2 Å². The fourth-order valence-corrected chi connectivity index (χ4v) is 5.83. The van der Waals surface area contributed by atoms with Gasteiger partial charge in [-0.3, -0.25) is 14.4 Å². The molecule has 202 valence electrons. The molecule has 7 heteroatoms. The van der Waals surface area contributed by atoms with E-state index in [-0.39, 0.29) is 51.5 Å². The molecule has 0 unspecified atom stereocenters. The highest BCUT2D eigenvalue weighted by atomic mass is 32.2. The van der Waals surface area contributed by atoms with E-state index in [9.17, 15) is 24.6 Å². The minimum atomic E-state index is -0.560. The van der Waals surface area contributed by atoms with Crippen LogP contribution in [0.1, 0.15) is 77.6 Å². The van der Waals surface area contributed by atoms with Crippen LogP contribution in [0, 0.1) is 11.8 Å². The molecule has 1 aliphatic rings. The second-order valence-corrected chi connectivity index (χ2v) is 12.0. The number of nitrogens with one attached hydrogen (secondary N) is 1. The molecule has 0 saturated heterocycles. The fraction of sp³-hybridized carbons (Fsp3) is 0.281. The van der Waals surface area contributed by atoms with Gasteiger partial charge < -0.3 is 15.5 Å². The van der Waals surface area contributed by atoms with Crippen LogP contribution in [0.25, 0.3) is 0 Å². The average molecular weight is 544 g/mol. The van der Waals surface area contributed by atoms with Crippen molar-refractivity contribution in [2.45, 2.75) is 57.3 Å². The van der Waals surface area contributed by atoms with E-state index in [1.54, 1.807) is 43.3 Å². The molecule has 0 aliphatic heterocycles. The molecule has 0 radical (unpaired) electrons. The van der Waals surface area contributed by atoms with E-state index in [0.29, 0.717) is 40.1 Å². The molecule has 4 rings (SSSR count). The van der Waals surface area contributed by atoms with Crippen LogP contribution in [0.3, 0.4) is 0 Å². The van der Waals surface area contributed by atoms with Crippen LogP contribution >= 0.6 is 11.8 Å². The molecule has 0 heterocycles. The summed E-state index contributed by atoms with van der Waals surface area (Å²) in [6.45, 7) is 13.3. The summed E-state index contributed by atoms with van der Waals surface area (Å²) in [5.41, 5.74) is 2.21. The van der Waals surface area contributed by atoms with E-state index < -0.39 is 11.6 Å². The lowest BCUT2D eigenvalue weighted by Crippen LogP contribution is -2.23. The number of hydrogen-bond acceptors (Lipinski definition) is 6. The molecule has 3 aromatic carbocycles. The van der Waals surface area contributed by atoms with Crippen molar-refractivity contribution in [2.24, 2.45) is 11.8 Å². The lowest BCUT2D eigenvalue weighted by molar-refractivity contribution is -0.112. The van der Waals surface area contributed by atoms with Crippen LogP contribution in [-0.4, -0.2) is 27.7 Å². The highest BCUT2D eigenvalue weighted by Gasteiger charge is 2.38. The first-order valence-corrected chi connectivity index (χ1v) is 13.8. The van der Waals surface area contributed by atoms with Crippen LogP contribution in [0.2, 0.25) is 0 Å². The second kappa shape index (κ2) is 11.1. The van der Waals surface area contributed by atoms with Crippen molar-refractivity contribution in [1.82, 2.24) is 0 Å². The van der Waals surface area contributed by atoms with Crippen LogP contribution in [0.15, 0.2) is 64.4 Å². The van der Waals surface area contributed by atoms with Gasteiger partial charge in [-0.25, -0.2) is 0 Å². The molecule has 0 spiro atoms. The highest BCUT2D eigenvalue weighted by molar-refractivity contribution is 7.99. The molecule has 3 aromatic rings. The number of rotatable bonds is 8. The third-order valence-electron chi connectivity index (χ3n) is 6.49. The molecule has 6 nitrogen and oxygen atoms in total. The predicted octanol–water partition coefficient (Wildman–Crippen LogP) is 6.94. The first kappa shape index (κ1) is 28.2. The van der Waals surface area contributed by atoms with Gasteiger partial charge in [0.1, 0.15) is 11.5 Å². The Kier molecular flexibility index (Phi) is 8.02. The van der Waals surface area contributed by atoms with E-state index in [0.717, 1.165) is 4.90 Å². The Balaban J connectivity index is 1.86. The normalized spacial score (nSPS) is 12.5. The second-order valence-electron chi connectivity index (χ2n) is 10.8. The number of phenolic OH excluding ortho intramolecular Hbond substituents is 2. The van der Waals surface area contributed by atoms with E-state index in [1.165, 1.54) is 11.8 Å². The van der Waals surface area contributed by atoms with Gasteiger partial charge in [-0.2, -0.15) is 0 Å². The maximum absolute atomic E-state index is 13.9. The number of phenols is 2. The third kappa shape index (κ3) is 5.64. The zero-order valence-corrected chi connectivity index (χ0v) is 23.7. The van der Waals surface area contributed by atoms with Gasteiger partial charge in [0.25, 0.3) is 5.91 Å². The Morgan fingerprint density at radius 2 is 1.51 bits per heavy atom. The highest BCUT2D eigenvalue weighted by Crippen LogP contribution is 2.45. The van der Waals surface area contributed by atoms with Gasteiger partial charge in [0, 0.05) is 26.6 Å². The van der Waals surface area contributed by atoms with Gasteiger partial charge >= 0.3 is 0 Å². The van der Waals surface area contributed by atoms with Crippen molar-refractivity contribution >= 4 is 34.9 Å². The smallest absolute Gasteiger partial charge is 0.250 e. The van der Waals surface area contributed by atoms with Crippen molar-refractivity contribution in [2.75, 3.05) is 5.32 Å². The Morgan fingerprint density at radius 3 is 2.15 bits per heavy atom. The molecule has 1 aliphatic carbocycles. The molecule has 0 saturated carbocycles. The molecular weight excluding hydrogens is 510 g/mol. The summed E-state index contributed by atoms with van der Waals surface area (Å²) in [5, 5.41) is 25.1. The Morgan fingerprint density at radius 1 is 0.872 bits per heavy atom. The summed E-state index contributed by atoms with van der Waals surface area (Å²) in [7, 11) is 0. The van der Waals surface area contributed by atoms with E-state index in [1.807, 2.05) is 33.8 Å². The van der Waals surface area contributed by atoms with E-state index >= 15 is 0 Å². The Labute approximate surface area is 233 Å². The number of amides is 1. The number of aromatic hydroxyl groups is 2. The van der Waals surface area contributed by atoms with Crippen molar-refractivity contribution in [3.63, 3.8) is 0 Å². The van der Waals surface area contributed by atoms with Gasteiger partial charge in [0.15, 0.2) is 5.78 Å². The van der Waals surface area contributed by atoms with Gasteiger partial charge in [-0.15, -0.1) is 0 Å². The molecular formula is C32H33NO5S. The van der Waals surface area contributed by atoms with Gasteiger partial charge in [-0.05, 0) is 73.1 Å². The lowest BCUT2D eigenvalue weighted by atomic mass is 9.80. The quantitative estimate of drug-likeness (QED) is 0.208. The third-order valence-corrected chi connectivity index (χ3v) is 7.53. The van der Waals surface area contributed by atoms with Crippen LogP contribution in [0.4, 0.5) is 5.69 Å². The molecule has 1 amide bonds. The predicted molar refractivity (Wildman–Crippen MR) is 154 cm³/mol. The standard InChI is InChI=1S/C32H33NO5S/c1-16(2)12-19-10-11-23-25(28(19)34)31(37)27-26(30(23)36)24(14-20(29(27)35)13-17(3)4)39-22-9-7-8-21(15-22)33-32(38)18(5)6/h7-11,14-17,34-35H,5,12-13H2,1-4,6H3,(H,33,38). The fourth-order valence-electron chi connectivity index (χ4n) is 4.74. The summed E-state index contributed by atoms with van der Waals surface area (Å²) in [6.07, 6.45) is 1.04. The minimum absolute atomic E-state index is 0.0527. The number of anilines is 1. The zero-order chi connectivity index (χ0) is 28.6. The maximum atomic E-state index is 13.9. The number of carbonyl (C=O) groups excluding carboxylic acids is 3. The number of hydrogen-bond donors (Lipinski definition) is 3. The minimum Gasteiger partial charge on any atom is -0.507 e. The van der Waals surface area contributed by atoms with Gasteiger partial charge in [0.05, 0.1) is 16.7 Å². The summed E-state index contributed by atoms with van der Waals surface area (Å²) >= 11 is 1.28. The number of fused-ring (bicyclic) bond motifs is 2. The van der Waals surface area contributed by atoms with E-state index in [4.69, 9.17) is 0 Å². The van der Waals surface area contributed by atoms with Crippen LogP contribution in [0.5, 0.6) is 11.5 Å². The van der Waals surface area contributed by atoms with Gasteiger partial charge in [0.2, 0.25) is 5.78 Å². The maximum Gasteiger partial charge on any atom is 0.250 e. The first-order valence-electron chi connectivity index (χ1n) is 13.0. The Bertz CT molecular complexity index is 1520. The average Bonchev–Trinajstić information content (AvgIpc) is 2.85. The van der Waals surface area contributed by atoms with Crippen LogP contribution < -0.4 is 5.32 Å². The van der Waals surface area contributed by atoms with Crippen molar-refractivity contribution in [1.29, 1.82) is 0 Å². The number of carbonyl (C=O) groups is 3. The van der Waals surface area contributed by atoms with Crippen molar-refractivity contribution < 1.29 is 24.6 Å². The number of ketones is 2. The topological polar surface area (TPSA) is 104 Å². The van der Waals surface area contributed by atoms with Crippen LogP contribution in [-0.2, 0) is 17.6 Å². The molecule has 3 N–H and O–H groups in total. The molecule has 0 fully saturated rings. The molecule has 39 heavy (non-hydrogen) atoms. The lowest BCUT2D eigenvalue weighted by Gasteiger charge is -2.25.